The summed E-state index contributed by atoms with van der Waals surface area (Å²) in [4.78, 5) is 16.9. The molecule has 0 unspecified atom stereocenters. The summed E-state index contributed by atoms with van der Waals surface area (Å²) in [7, 11) is 0. The van der Waals surface area contributed by atoms with Gasteiger partial charge in [-0.05, 0) is 122 Å². The molecular weight excluding hydrogens is 467 g/mol. The molecule has 4 aliphatic rings. The average molecular weight is 509 g/mol. The van der Waals surface area contributed by atoms with E-state index in [-0.39, 0.29) is 23.3 Å². The van der Waals surface area contributed by atoms with Gasteiger partial charge in [-0.15, -0.1) is 0 Å². The first-order valence-corrected chi connectivity index (χ1v) is 13.9. The van der Waals surface area contributed by atoms with E-state index in [1.165, 1.54) is 0 Å². The van der Waals surface area contributed by atoms with Crippen LogP contribution in [-0.2, 0) is 6.42 Å². The molecule has 0 radical (unpaired) electrons. The van der Waals surface area contributed by atoms with E-state index in [1.807, 2.05) is 32.0 Å². The maximum absolute atomic E-state index is 15.9. The number of carbonyl (C=O) groups is 1. The Labute approximate surface area is 220 Å². The van der Waals surface area contributed by atoms with E-state index in [9.17, 15) is 9.90 Å². The number of benzene rings is 2. The third kappa shape index (κ3) is 4.73. The molecule has 3 aliphatic heterocycles. The first-order chi connectivity index (χ1) is 17.6. The van der Waals surface area contributed by atoms with Gasteiger partial charge < -0.3 is 14.7 Å². The molecule has 200 valence electrons. The molecule has 2 aromatic rings. The fraction of sp³-hybridized carbons (Fsp3) is 0.581. The maximum Gasteiger partial charge on any atom is 0.408 e. The predicted octanol–water partition coefficient (Wildman–Crippen LogP) is 6.99. The minimum absolute atomic E-state index is 0.0427. The van der Waals surface area contributed by atoms with Crippen molar-refractivity contribution in [1.82, 2.24) is 9.80 Å². The topological polar surface area (TPSA) is 53.0 Å². The zero-order valence-corrected chi connectivity index (χ0v) is 22.9. The SMILES string of the molecule is CCCOc1c(C)cc(-c2cc3c(cc2F)[C@H](N(C(=O)O)[C@@H]2CN4CCC2CC4)C(C)(C)CC3)cc1C. The zero-order valence-electron chi connectivity index (χ0n) is 22.9. The Balaban J connectivity index is 1.55. The van der Waals surface area contributed by atoms with Crippen molar-refractivity contribution >= 4 is 6.09 Å². The van der Waals surface area contributed by atoms with E-state index in [2.05, 4.69) is 25.7 Å². The van der Waals surface area contributed by atoms with E-state index in [1.54, 1.807) is 11.0 Å². The minimum atomic E-state index is -0.886. The number of carboxylic acid groups (broad SMARTS) is 1. The fourth-order valence-corrected chi connectivity index (χ4v) is 7.10. The average Bonchev–Trinajstić information content (AvgIpc) is 2.85. The highest BCUT2D eigenvalue weighted by molar-refractivity contribution is 5.71. The van der Waals surface area contributed by atoms with Crippen LogP contribution in [0.2, 0.25) is 0 Å². The number of halogens is 1. The number of hydrogen-bond acceptors (Lipinski definition) is 3. The lowest BCUT2D eigenvalue weighted by Gasteiger charge is -2.54. The monoisotopic (exact) mass is 508 g/mol. The van der Waals surface area contributed by atoms with Crippen LogP contribution < -0.4 is 4.74 Å². The molecule has 2 atom stereocenters. The van der Waals surface area contributed by atoms with Crippen LogP contribution in [0.25, 0.3) is 11.1 Å². The van der Waals surface area contributed by atoms with Crippen molar-refractivity contribution in [3.63, 3.8) is 0 Å². The lowest BCUT2D eigenvalue weighted by atomic mass is 9.68. The van der Waals surface area contributed by atoms with Crippen LogP contribution in [0, 0.1) is 31.0 Å². The highest BCUT2D eigenvalue weighted by Crippen LogP contribution is 2.50. The lowest BCUT2D eigenvalue weighted by molar-refractivity contribution is -0.0353. The number of hydrogen-bond donors (Lipinski definition) is 1. The first-order valence-electron chi connectivity index (χ1n) is 13.9. The molecule has 0 saturated carbocycles. The van der Waals surface area contributed by atoms with Crippen molar-refractivity contribution in [2.45, 2.75) is 78.8 Å². The van der Waals surface area contributed by atoms with Gasteiger partial charge >= 0.3 is 6.09 Å². The third-order valence-electron chi connectivity index (χ3n) is 9.00. The van der Waals surface area contributed by atoms with Gasteiger partial charge in [-0.1, -0.05) is 20.8 Å². The van der Waals surface area contributed by atoms with Crippen molar-refractivity contribution in [2.24, 2.45) is 11.3 Å². The highest BCUT2D eigenvalue weighted by atomic mass is 19.1. The molecule has 6 rings (SSSR count). The summed E-state index contributed by atoms with van der Waals surface area (Å²) in [5.41, 5.74) is 5.04. The molecule has 2 bridgehead atoms. The highest BCUT2D eigenvalue weighted by Gasteiger charge is 2.48. The van der Waals surface area contributed by atoms with Crippen molar-refractivity contribution in [2.75, 3.05) is 26.2 Å². The van der Waals surface area contributed by atoms with Gasteiger partial charge in [0.1, 0.15) is 11.6 Å². The van der Waals surface area contributed by atoms with Crippen LogP contribution in [-0.4, -0.2) is 53.3 Å². The van der Waals surface area contributed by atoms with Gasteiger partial charge in [0.05, 0.1) is 18.7 Å². The largest absolute Gasteiger partial charge is 0.493 e. The van der Waals surface area contributed by atoms with Crippen LogP contribution in [0.3, 0.4) is 0 Å². The Bertz CT molecular complexity index is 1160. The van der Waals surface area contributed by atoms with Gasteiger partial charge in [0.15, 0.2) is 0 Å². The molecule has 0 aromatic heterocycles. The summed E-state index contributed by atoms with van der Waals surface area (Å²) in [6.45, 7) is 13.9. The molecule has 2 aromatic carbocycles. The van der Waals surface area contributed by atoms with Crippen molar-refractivity contribution in [3.8, 4) is 16.9 Å². The molecular formula is C31H41FN2O3. The van der Waals surface area contributed by atoms with Gasteiger partial charge in [0, 0.05) is 12.1 Å². The standard InChI is InChI=1S/C31H41FN2O3/c1-6-13-37-28-19(2)14-23(15-20(28)3)24-16-22-7-10-31(4,5)29(25(22)17-26(24)32)34(30(35)36)27-18-33-11-8-21(27)9-12-33/h14-17,21,27,29H,6-13,18H2,1-5H3,(H,35,36)/t27-,29+/m1/s1. The number of fused-ring (bicyclic) bond motifs is 4. The lowest BCUT2D eigenvalue weighted by Crippen LogP contribution is -2.61. The van der Waals surface area contributed by atoms with Crippen LogP contribution in [0.15, 0.2) is 24.3 Å². The Morgan fingerprint density at radius 2 is 1.84 bits per heavy atom. The molecule has 37 heavy (non-hydrogen) atoms. The van der Waals surface area contributed by atoms with Crippen LogP contribution in [0.5, 0.6) is 5.75 Å². The molecule has 1 aliphatic carbocycles. The number of aryl methyl sites for hydroxylation is 3. The number of nitrogens with zero attached hydrogens (tertiary/aromatic N) is 2. The minimum Gasteiger partial charge on any atom is -0.493 e. The molecule has 3 heterocycles. The van der Waals surface area contributed by atoms with E-state index in [0.29, 0.717) is 18.1 Å². The summed E-state index contributed by atoms with van der Waals surface area (Å²) in [5, 5.41) is 10.5. The molecule has 0 spiro atoms. The van der Waals surface area contributed by atoms with Gasteiger partial charge in [-0.2, -0.15) is 0 Å². The number of ether oxygens (including phenoxy) is 1. The van der Waals surface area contributed by atoms with Crippen molar-refractivity contribution < 1.29 is 19.0 Å². The van der Waals surface area contributed by atoms with E-state index >= 15 is 4.39 Å². The van der Waals surface area contributed by atoms with Crippen LogP contribution >= 0.6 is 0 Å². The second-order valence-corrected chi connectivity index (χ2v) is 12.1. The molecule has 5 nitrogen and oxygen atoms in total. The van der Waals surface area contributed by atoms with Gasteiger partial charge in [0.2, 0.25) is 0 Å². The zero-order chi connectivity index (χ0) is 26.5. The Morgan fingerprint density at radius 1 is 1.16 bits per heavy atom. The molecule has 3 fully saturated rings. The molecule has 1 N–H and O–H groups in total. The number of amides is 1. The summed E-state index contributed by atoms with van der Waals surface area (Å²) >= 11 is 0. The molecule has 3 saturated heterocycles. The number of rotatable bonds is 6. The second-order valence-electron chi connectivity index (χ2n) is 12.1. The molecule has 1 amide bonds. The van der Waals surface area contributed by atoms with Crippen molar-refractivity contribution in [1.29, 1.82) is 0 Å². The van der Waals surface area contributed by atoms with E-state index < -0.39 is 6.09 Å². The Morgan fingerprint density at radius 3 is 2.41 bits per heavy atom. The Hall–Kier alpha value is -2.60. The van der Waals surface area contributed by atoms with Crippen LogP contribution in [0.4, 0.5) is 9.18 Å². The van der Waals surface area contributed by atoms with Crippen LogP contribution in [0.1, 0.15) is 74.8 Å². The maximum atomic E-state index is 15.9. The second kappa shape index (κ2) is 9.94. The first kappa shape index (κ1) is 26.0. The van der Waals surface area contributed by atoms with E-state index in [0.717, 1.165) is 85.3 Å². The third-order valence-corrected chi connectivity index (χ3v) is 9.00. The Kier molecular flexibility index (Phi) is 6.99. The molecule has 6 heteroatoms. The quantitative estimate of drug-likeness (QED) is 0.457. The fourth-order valence-electron chi connectivity index (χ4n) is 7.10. The summed E-state index contributed by atoms with van der Waals surface area (Å²) in [5.74, 6) is 0.966. The summed E-state index contributed by atoms with van der Waals surface area (Å²) in [6.07, 6.45) is 3.81. The van der Waals surface area contributed by atoms with E-state index in [4.69, 9.17) is 4.74 Å². The van der Waals surface area contributed by atoms with Crippen molar-refractivity contribution in [3.05, 3.63) is 52.3 Å². The normalized spacial score (nSPS) is 26.0. The summed E-state index contributed by atoms with van der Waals surface area (Å²) in [6, 6.07) is 7.22. The summed E-state index contributed by atoms with van der Waals surface area (Å²) < 4.78 is 21.8. The smallest absolute Gasteiger partial charge is 0.408 e. The van der Waals surface area contributed by atoms with Gasteiger partial charge in [-0.25, -0.2) is 9.18 Å². The predicted molar refractivity (Wildman–Crippen MR) is 145 cm³/mol. The van der Waals surface area contributed by atoms with Gasteiger partial charge in [-0.3, -0.25) is 4.90 Å². The number of piperidine rings is 3. The van der Waals surface area contributed by atoms with Gasteiger partial charge in [0.25, 0.3) is 0 Å².